The molecule has 170 valence electrons. The number of H-pyrrole nitrogens is 1. The number of likely N-dealkylation sites (tertiary alicyclic amines) is 1. The van der Waals surface area contributed by atoms with E-state index in [1.165, 1.54) is 22.7 Å². The monoisotopic (exact) mass is 474 g/mol. The number of aryl methyl sites for hydroxylation is 1. The molecule has 3 aromatic heterocycles. The molecule has 0 bridgehead atoms. The van der Waals surface area contributed by atoms with Gasteiger partial charge in [0.2, 0.25) is 0 Å². The van der Waals surface area contributed by atoms with Gasteiger partial charge in [0, 0.05) is 19.1 Å². The van der Waals surface area contributed by atoms with Gasteiger partial charge in [-0.2, -0.15) is 0 Å². The molecule has 2 N–H and O–H groups in total. The zero-order chi connectivity index (χ0) is 22.8. The Morgan fingerprint density at radius 3 is 2.78 bits per heavy atom. The van der Waals surface area contributed by atoms with Crippen molar-refractivity contribution in [3.8, 4) is 0 Å². The van der Waals surface area contributed by atoms with E-state index in [4.69, 9.17) is 4.74 Å². The molecule has 0 radical (unpaired) electrons. The number of amides is 1. The largest absolute Gasteiger partial charge is 0.462 e. The third kappa shape index (κ3) is 4.48. The van der Waals surface area contributed by atoms with E-state index >= 15 is 0 Å². The number of esters is 1. The number of fused-ring (bicyclic) bond motifs is 1. The van der Waals surface area contributed by atoms with Crippen molar-refractivity contribution >= 4 is 44.8 Å². The predicted octanol–water partition coefficient (Wildman–Crippen LogP) is 3.49. The highest BCUT2D eigenvalue weighted by Crippen LogP contribution is 2.29. The molecule has 10 heteroatoms. The minimum absolute atomic E-state index is 0.0200. The second-order valence-corrected chi connectivity index (χ2v) is 9.79. The zero-order valence-corrected chi connectivity index (χ0v) is 19.9. The lowest BCUT2D eigenvalue weighted by atomic mass is 10.0. The second-order valence-electron chi connectivity index (χ2n) is 7.84. The van der Waals surface area contributed by atoms with Gasteiger partial charge >= 0.3 is 5.97 Å². The molecule has 0 saturated carbocycles. The average molecular weight is 475 g/mol. The molecular weight excluding hydrogens is 448 g/mol. The molecule has 4 heterocycles. The summed E-state index contributed by atoms with van der Waals surface area (Å²) in [4.78, 5) is 48.8. The highest BCUT2D eigenvalue weighted by atomic mass is 32.1. The molecule has 32 heavy (non-hydrogen) atoms. The van der Waals surface area contributed by atoms with Crippen molar-refractivity contribution in [2.24, 2.45) is 0 Å². The number of ether oxygens (including phenoxy) is 1. The molecule has 0 spiro atoms. The summed E-state index contributed by atoms with van der Waals surface area (Å²) in [6.07, 6.45) is 1.66. The predicted molar refractivity (Wildman–Crippen MR) is 126 cm³/mol. The van der Waals surface area contributed by atoms with Crippen LogP contribution in [0.2, 0.25) is 0 Å². The van der Waals surface area contributed by atoms with Crippen LogP contribution in [0.3, 0.4) is 0 Å². The molecular formula is C22H26N4O4S2. The van der Waals surface area contributed by atoms with Gasteiger partial charge in [0.25, 0.3) is 11.5 Å². The summed E-state index contributed by atoms with van der Waals surface area (Å²) in [5.74, 6) is 0.141. The Balaban J connectivity index is 1.46. The normalized spacial score (nSPS) is 16.2. The quantitative estimate of drug-likeness (QED) is 0.530. The number of aromatic amines is 1. The third-order valence-corrected chi connectivity index (χ3v) is 7.87. The Morgan fingerprint density at radius 1 is 1.38 bits per heavy atom. The summed E-state index contributed by atoms with van der Waals surface area (Å²) >= 11 is 2.64. The number of aromatic nitrogens is 2. The molecule has 3 aromatic rings. The number of thiophene rings is 2. The van der Waals surface area contributed by atoms with E-state index in [0.717, 1.165) is 30.8 Å². The minimum atomic E-state index is -0.423. The lowest BCUT2D eigenvalue weighted by molar-refractivity contribution is 0.0531. The van der Waals surface area contributed by atoms with Crippen molar-refractivity contribution in [3.63, 3.8) is 0 Å². The number of piperidine rings is 1. The standard InChI is InChI=1S/C22H26N4O4S2/c1-4-30-22(29)17-12(2)16-20(28)24-18(25-21(16)32-17)13(3)26-9-7-14(8-10-26)23-19(27)15-6-5-11-31-15/h5-6,11,13-14H,4,7-10H2,1-3H3,(H,23,27)(H,24,25,28). The fourth-order valence-corrected chi connectivity index (χ4v) is 5.73. The minimum Gasteiger partial charge on any atom is -0.462 e. The first-order valence-corrected chi connectivity index (χ1v) is 12.4. The summed E-state index contributed by atoms with van der Waals surface area (Å²) in [5.41, 5.74) is 0.373. The van der Waals surface area contributed by atoms with Gasteiger partial charge in [-0.25, -0.2) is 9.78 Å². The maximum atomic E-state index is 12.8. The van der Waals surface area contributed by atoms with Gasteiger partial charge in [-0.1, -0.05) is 6.07 Å². The molecule has 0 aromatic carbocycles. The number of nitrogens with one attached hydrogen (secondary N) is 2. The van der Waals surface area contributed by atoms with E-state index in [9.17, 15) is 14.4 Å². The maximum Gasteiger partial charge on any atom is 0.348 e. The Kier molecular flexibility index (Phi) is 6.73. The van der Waals surface area contributed by atoms with E-state index in [1.54, 1.807) is 13.8 Å². The number of hydrogen-bond donors (Lipinski definition) is 2. The Bertz CT molecular complexity index is 1180. The molecule has 1 atom stereocenters. The van der Waals surface area contributed by atoms with E-state index < -0.39 is 5.97 Å². The van der Waals surface area contributed by atoms with Crippen LogP contribution in [0.25, 0.3) is 10.2 Å². The third-order valence-electron chi connectivity index (χ3n) is 5.83. The summed E-state index contributed by atoms with van der Waals surface area (Å²) in [6.45, 7) is 7.37. The molecule has 1 aliphatic heterocycles. The maximum absolute atomic E-state index is 12.8. The zero-order valence-electron chi connectivity index (χ0n) is 18.3. The van der Waals surface area contributed by atoms with Gasteiger partial charge in [-0.15, -0.1) is 22.7 Å². The van der Waals surface area contributed by atoms with Crippen molar-refractivity contribution in [3.05, 3.63) is 49.0 Å². The fourth-order valence-electron chi connectivity index (χ4n) is 4.02. The Hall–Kier alpha value is -2.56. The summed E-state index contributed by atoms with van der Waals surface area (Å²) in [7, 11) is 0. The van der Waals surface area contributed by atoms with Crippen molar-refractivity contribution in [2.45, 2.75) is 45.7 Å². The second kappa shape index (κ2) is 9.51. The highest BCUT2D eigenvalue weighted by molar-refractivity contribution is 7.20. The lowest BCUT2D eigenvalue weighted by Crippen LogP contribution is -2.45. The van der Waals surface area contributed by atoms with Crippen LogP contribution >= 0.6 is 22.7 Å². The van der Waals surface area contributed by atoms with Gasteiger partial charge in [0.05, 0.1) is 22.9 Å². The van der Waals surface area contributed by atoms with E-state index in [1.807, 2.05) is 24.4 Å². The molecule has 1 fully saturated rings. The summed E-state index contributed by atoms with van der Waals surface area (Å²) in [5, 5.41) is 5.46. The smallest absolute Gasteiger partial charge is 0.348 e. The number of rotatable bonds is 6. The van der Waals surface area contributed by atoms with Crippen LogP contribution in [0.4, 0.5) is 0 Å². The van der Waals surface area contributed by atoms with Crippen molar-refractivity contribution < 1.29 is 14.3 Å². The van der Waals surface area contributed by atoms with Crippen LogP contribution in [0, 0.1) is 6.92 Å². The molecule has 0 aliphatic carbocycles. The average Bonchev–Trinajstić information content (AvgIpc) is 3.42. The van der Waals surface area contributed by atoms with Gasteiger partial charge < -0.3 is 15.0 Å². The molecule has 8 nitrogen and oxygen atoms in total. The van der Waals surface area contributed by atoms with E-state index in [0.29, 0.717) is 26.5 Å². The van der Waals surface area contributed by atoms with Crippen LogP contribution in [-0.2, 0) is 4.74 Å². The summed E-state index contributed by atoms with van der Waals surface area (Å²) in [6, 6.07) is 3.75. The lowest BCUT2D eigenvalue weighted by Gasteiger charge is -2.35. The molecule has 1 saturated heterocycles. The topological polar surface area (TPSA) is 104 Å². The fraction of sp³-hybridized carbons (Fsp3) is 0.455. The Labute approximate surface area is 193 Å². The van der Waals surface area contributed by atoms with Crippen LogP contribution in [0.15, 0.2) is 22.3 Å². The van der Waals surface area contributed by atoms with E-state index in [-0.39, 0.29) is 30.2 Å². The van der Waals surface area contributed by atoms with Gasteiger partial charge in [-0.3, -0.25) is 14.5 Å². The first-order valence-electron chi connectivity index (χ1n) is 10.7. The van der Waals surface area contributed by atoms with E-state index in [2.05, 4.69) is 20.2 Å². The number of carbonyl (C=O) groups excluding carboxylic acids is 2. The summed E-state index contributed by atoms with van der Waals surface area (Å²) < 4.78 is 5.11. The SMILES string of the molecule is CCOC(=O)c1sc2nc(C(C)N3CCC(NC(=O)c4cccs4)CC3)[nH]c(=O)c2c1C. The number of nitrogens with zero attached hydrogens (tertiary/aromatic N) is 2. The van der Waals surface area contributed by atoms with Crippen LogP contribution in [0.5, 0.6) is 0 Å². The highest BCUT2D eigenvalue weighted by Gasteiger charge is 2.27. The van der Waals surface area contributed by atoms with Gasteiger partial charge in [-0.05, 0) is 50.6 Å². The van der Waals surface area contributed by atoms with Crippen LogP contribution in [0.1, 0.15) is 63.5 Å². The van der Waals surface area contributed by atoms with Crippen molar-refractivity contribution in [2.75, 3.05) is 19.7 Å². The van der Waals surface area contributed by atoms with Gasteiger partial charge in [0.15, 0.2) is 0 Å². The Morgan fingerprint density at radius 2 is 2.12 bits per heavy atom. The molecule has 1 aliphatic rings. The van der Waals surface area contributed by atoms with Crippen molar-refractivity contribution in [1.82, 2.24) is 20.2 Å². The van der Waals surface area contributed by atoms with Crippen molar-refractivity contribution in [1.29, 1.82) is 0 Å². The van der Waals surface area contributed by atoms with Gasteiger partial charge in [0.1, 0.15) is 15.5 Å². The first kappa shape index (κ1) is 22.6. The van der Waals surface area contributed by atoms with Crippen LogP contribution in [-0.4, -0.2) is 52.5 Å². The molecule has 1 amide bonds. The molecule has 4 rings (SSSR count). The number of carbonyl (C=O) groups is 2. The van der Waals surface area contributed by atoms with Crippen LogP contribution < -0.4 is 10.9 Å². The molecule has 1 unspecified atom stereocenters. The first-order chi connectivity index (χ1) is 15.4. The number of hydrogen-bond acceptors (Lipinski definition) is 8.